The Bertz CT molecular complexity index is 453. The van der Waals surface area contributed by atoms with E-state index in [-0.39, 0.29) is 17.7 Å². The molecule has 1 aliphatic heterocycles. The van der Waals surface area contributed by atoms with Crippen LogP contribution in [0.5, 0.6) is 5.75 Å². The maximum absolute atomic E-state index is 12.6. The van der Waals surface area contributed by atoms with E-state index in [1.165, 1.54) is 0 Å². The van der Waals surface area contributed by atoms with Gasteiger partial charge in [0.05, 0.1) is 5.56 Å². The lowest BCUT2D eigenvalue weighted by Gasteiger charge is -2.28. The van der Waals surface area contributed by atoms with E-state index in [0.29, 0.717) is 5.56 Å². The number of hydrogen-bond donors (Lipinski definition) is 2. The number of amides is 1. The minimum Gasteiger partial charge on any atom is -0.507 e. The highest BCUT2D eigenvalue weighted by Crippen LogP contribution is 2.22. The third-order valence-electron chi connectivity index (χ3n) is 3.58. The van der Waals surface area contributed by atoms with Crippen LogP contribution in [0.25, 0.3) is 0 Å². The van der Waals surface area contributed by atoms with Crippen molar-refractivity contribution in [2.45, 2.75) is 32.7 Å². The van der Waals surface area contributed by atoms with Gasteiger partial charge in [-0.1, -0.05) is 18.6 Å². The van der Waals surface area contributed by atoms with Crippen LogP contribution in [0.3, 0.4) is 0 Å². The van der Waals surface area contributed by atoms with Crippen LogP contribution in [0.4, 0.5) is 0 Å². The first-order valence-electron chi connectivity index (χ1n) is 6.94. The molecule has 1 unspecified atom stereocenters. The number of carbonyl (C=O) groups is 1. The number of rotatable bonds is 4. The van der Waals surface area contributed by atoms with E-state index >= 15 is 0 Å². The van der Waals surface area contributed by atoms with Crippen LogP contribution in [-0.4, -0.2) is 41.6 Å². The van der Waals surface area contributed by atoms with E-state index < -0.39 is 0 Å². The van der Waals surface area contributed by atoms with Crippen molar-refractivity contribution >= 4 is 5.91 Å². The van der Waals surface area contributed by atoms with E-state index in [4.69, 9.17) is 0 Å². The Hall–Kier alpha value is -1.55. The van der Waals surface area contributed by atoms with Gasteiger partial charge in [-0.3, -0.25) is 4.79 Å². The summed E-state index contributed by atoms with van der Waals surface area (Å²) in [6.07, 6.45) is 1.91. The minimum absolute atomic E-state index is 0.0586. The van der Waals surface area contributed by atoms with Crippen molar-refractivity contribution < 1.29 is 9.90 Å². The summed E-state index contributed by atoms with van der Waals surface area (Å²) in [5.41, 5.74) is 1.41. The molecule has 2 N–H and O–H groups in total. The third kappa shape index (κ3) is 3.07. The lowest BCUT2D eigenvalue weighted by atomic mass is 10.1. The van der Waals surface area contributed by atoms with Gasteiger partial charge in [0, 0.05) is 19.1 Å². The van der Waals surface area contributed by atoms with E-state index in [9.17, 15) is 9.90 Å². The molecular formula is C15H22N2O2. The van der Waals surface area contributed by atoms with Crippen molar-refractivity contribution in [1.29, 1.82) is 0 Å². The second kappa shape index (κ2) is 6.06. The average molecular weight is 262 g/mol. The summed E-state index contributed by atoms with van der Waals surface area (Å²) in [6, 6.07) is 5.42. The molecule has 1 aromatic carbocycles. The Kier molecular flexibility index (Phi) is 4.43. The predicted molar refractivity (Wildman–Crippen MR) is 75.4 cm³/mol. The summed E-state index contributed by atoms with van der Waals surface area (Å²) in [6.45, 7) is 6.53. The quantitative estimate of drug-likeness (QED) is 0.871. The zero-order valence-electron chi connectivity index (χ0n) is 11.6. The summed E-state index contributed by atoms with van der Waals surface area (Å²) in [5, 5.41) is 13.2. The molecule has 0 saturated carbocycles. The Balaban J connectivity index is 2.25. The Labute approximate surface area is 114 Å². The zero-order valence-corrected chi connectivity index (χ0v) is 11.6. The van der Waals surface area contributed by atoms with Gasteiger partial charge < -0.3 is 15.3 Å². The fourth-order valence-electron chi connectivity index (χ4n) is 2.57. The van der Waals surface area contributed by atoms with Gasteiger partial charge in [0.2, 0.25) is 0 Å². The summed E-state index contributed by atoms with van der Waals surface area (Å²) in [5.74, 6) is 0.0133. The van der Waals surface area contributed by atoms with Gasteiger partial charge in [-0.15, -0.1) is 0 Å². The molecule has 1 fully saturated rings. The molecule has 104 valence electrons. The Morgan fingerprint density at radius 2 is 2.32 bits per heavy atom. The van der Waals surface area contributed by atoms with Crippen LogP contribution in [-0.2, 0) is 0 Å². The maximum atomic E-state index is 12.6. The first-order chi connectivity index (χ1) is 9.13. The molecule has 1 aliphatic rings. The smallest absolute Gasteiger partial charge is 0.257 e. The van der Waals surface area contributed by atoms with E-state index in [1.54, 1.807) is 12.1 Å². The monoisotopic (exact) mass is 262 g/mol. The lowest BCUT2D eigenvalue weighted by molar-refractivity contribution is 0.0689. The molecule has 0 radical (unpaired) electrons. The number of phenols is 1. The Morgan fingerprint density at radius 3 is 2.95 bits per heavy atom. The molecule has 19 heavy (non-hydrogen) atoms. The first-order valence-corrected chi connectivity index (χ1v) is 6.94. The fourth-order valence-corrected chi connectivity index (χ4v) is 2.57. The molecule has 1 atom stereocenters. The van der Waals surface area contributed by atoms with Gasteiger partial charge in [-0.2, -0.15) is 0 Å². The van der Waals surface area contributed by atoms with Crippen molar-refractivity contribution in [3.63, 3.8) is 0 Å². The highest BCUT2D eigenvalue weighted by atomic mass is 16.3. The van der Waals surface area contributed by atoms with Crippen LogP contribution in [0.2, 0.25) is 0 Å². The number of hydrogen-bond acceptors (Lipinski definition) is 3. The summed E-state index contributed by atoms with van der Waals surface area (Å²) < 4.78 is 0. The summed E-state index contributed by atoms with van der Waals surface area (Å²) >= 11 is 0. The molecule has 4 nitrogen and oxygen atoms in total. The molecule has 1 aromatic rings. The third-order valence-corrected chi connectivity index (χ3v) is 3.58. The highest BCUT2D eigenvalue weighted by molar-refractivity contribution is 5.97. The molecule has 2 rings (SSSR count). The van der Waals surface area contributed by atoms with E-state index in [1.807, 2.05) is 17.9 Å². The normalized spacial score (nSPS) is 18.5. The second-order valence-electron chi connectivity index (χ2n) is 5.17. The Morgan fingerprint density at radius 1 is 1.53 bits per heavy atom. The van der Waals surface area contributed by atoms with E-state index in [0.717, 1.165) is 38.0 Å². The molecule has 0 aromatic heterocycles. The number of carbonyl (C=O) groups excluding carboxylic acids is 1. The van der Waals surface area contributed by atoms with Crippen LogP contribution in [0.15, 0.2) is 18.2 Å². The van der Waals surface area contributed by atoms with Crippen molar-refractivity contribution in [3.05, 3.63) is 29.3 Å². The SMILES string of the molecule is CCCN(C(=O)c1cc(C)ccc1O)C1CCNC1. The largest absolute Gasteiger partial charge is 0.507 e. The molecule has 0 aliphatic carbocycles. The molecule has 4 heteroatoms. The number of aryl methyl sites for hydroxylation is 1. The number of aromatic hydroxyl groups is 1. The van der Waals surface area contributed by atoms with Gasteiger partial charge in [-0.05, 0) is 38.4 Å². The highest BCUT2D eigenvalue weighted by Gasteiger charge is 2.27. The summed E-state index contributed by atoms with van der Waals surface area (Å²) in [4.78, 5) is 14.5. The van der Waals surface area contributed by atoms with Crippen molar-refractivity contribution in [2.75, 3.05) is 19.6 Å². The molecule has 1 heterocycles. The molecule has 1 amide bonds. The lowest BCUT2D eigenvalue weighted by Crippen LogP contribution is -2.42. The maximum Gasteiger partial charge on any atom is 0.257 e. The topological polar surface area (TPSA) is 52.6 Å². The van der Waals surface area contributed by atoms with Crippen molar-refractivity contribution in [2.24, 2.45) is 0 Å². The molecule has 1 saturated heterocycles. The van der Waals surface area contributed by atoms with Crippen LogP contribution >= 0.6 is 0 Å². The first kappa shape index (κ1) is 13.9. The number of phenolic OH excluding ortho intramolecular Hbond substituents is 1. The van der Waals surface area contributed by atoms with Gasteiger partial charge in [0.1, 0.15) is 5.75 Å². The number of nitrogens with one attached hydrogen (secondary N) is 1. The van der Waals surface area contributed by atoms with Gasteiger partial charge in [0.25, 0.3) is 5.91 Å². The molecular weight excluding hydrogens is 240 g/mol. The van der Waals surface area contributed by atoms with Crippen LogP contribution in [0.1, 0.15) is 35.7 Å². The molecule has 0 bridgehead atoms. The van der Waals surface area contributed by atoms with E-state index in [2.05, 4.69) is 12.2 Å². The van der Waals surface area contributed by atoms with Crippen molar-refractivity contribution in [3.8, 4) is 5.75 Å². The van der Waals surface area contributed by atoms with Gasteiger partial charge in [0.15, 0.2) is 0 Å². The van der Waals surface area contributed by atoms with Crippen molar-refractivity contribution in [1.82, 2.24) is 10.2 Å². The van der Waals surface area contributed by atoms with Crippen LogP contribution in [0, 0.1) is 6.92 Å². The average Bonchev–Trinajstić information content (AvgIpc) is 2.92. The fraction of sp³-hybridized carbons (Fsp3) is 0.533. The minimum atomic E-state index is -0.0586. The van der Waals surface area contributed by atoms with Crippen LogP contribution < -0.4 is 5.32 Å². The molecule has 0 spiro atoms. The second-order valence-corrected chi connectivity index (χ2v) is 5.17. The number of nitrogens with zero attached hydrogens (tertiary/aromatic N) is 1. The standard InChI is InChI=1S/C15H22N2O2/c1-3-8-17(12-6-7-16-10-12)15(19)13-9-11(2)4-5-14(13)18/h4-5,9,12,16,18H,3,6-8,10H2,1-2H3. The van der Waals surface area contributed by atoms with Gasteiger partial charge in [-0.25, -0.2) is 0 Å². The predicted octanol–water partition coefficient (Wildman–Crippen LogP) is 1.91. The van der Waals surface area contributed by atoms with Gasteiger partial charge >= 0.3 is 0 Å². The zero-order chi connectivity index (χ0) is 13.8. The number of benzene rings is 1. The summed E-state index contributed by atoms with van der Waals surface area (Å²) in [7, 11) is 0.